The summed E-state index contributed by atoms with van der Waals surface area (Å²) in [4.78, 5) is 0. The zero-order valence-corrected chi connectivity index (χ0v) is 7.67. The van der Waals surface area contributed by atoms with E-state index in [2.05, 4.69) is 12.6 Å². The van der Waals surface area contributed by atoms with Crippen LogP contribution < -0.4 is 0 Å². The summed E-state index contributed by atoms with van der Waals surface area (Å²) < 4.78 is 35.8. The molecule has 72 valence electrons. The van der Waals surface area contributed by atoms with Crippen LogP contribution in [0.2, 0.25) is 0 Å². The number of hydrogen-bond acceptors (Lipinski definition) is 1. The van der Waals surface area contributed by atoms with E-state index in [-0.39, 0.29) is 5.92 Å². The van der Waals surface area contributed by atoms with Gasteiger partial charge in [-0.3, -0.25) is 0 Å². The first-order chi connectivity index (χ1) is 5.47. The molecule has 1 saturated carbocycles. The predicted octanol–water partition coefficient (Wildman–Crippen LogP) is 3.43. The average Bonchev–Trinajstić information content (AvgIpc) is 1.91. The Morgan fingerprint density at radius 2 is 1.58 bits per heavy atom. The highest BCUT2D eigenvalue weighted by atomic mass is 32.1. The normalized spacial score (nSPS) is 32.0. The molecule has 0 nitrogen and oxygen atoms in total. The monoisotopic (exact) mass is 198 g/mol. The highest BCUT2D eigenvalue weighted by Gasteiger charge is 2.33. The second-order valence-electron chi connectivity index (χ2n) is 3.49. The Hall–Kier alpha value is 0.140. The smallest absolute Gasteiger partial charge is 0.176 e. The van der Waals surface area contributed by atoms with Crippen LogP contribution in [0.1, 0.15) is 32.1 Å². The summed E-state index contributed by atoms with van der Waals surface area (Å²) in [6, 6.07) is 0. The van der Waals surface area contributed by atoms with Crippen molar-refractivity contribution in [1.29, 1.82) is 0 Å². The summed E-state index contributed by atoms with van der Waals surface area (Å²) in [6.07, 6.45) is -1.53. The maximum absolute atomic E-state index is 11.9. The van der Waals surface area contributed by atoms with E-state index in [0.717, 1.165) is 12.8 Å². The fraction of sp³-hybridized carbons (Fsp3) is 1.00. The zero-order chi connectivity index (χ0) is 9.19. The van der Waals surface area contributed by atoms with Crippen molar-refractivity contribution in [3.8, 4) is 0 Å². The summed E-state index contributed by atoms with van der Waals surface area (Å²) in [5.41, 5.74) is 0. The van der Waals surface area contributed by atoms with Gasteiger partial charge in [0.15, 0.2) is 0 Å². The van der Waals surface area contributed by atoms with Gasteiger partial charge in [0.1, 0.15) is 0 Å². The van der Waals surface area contributed by atoms with Crippen LogP contribution in [0.25, 0.3) is 0 Å². The Labute approximate surface area is 75.9 Å². The van der Waals surface area contributed by atoms with E-state index in [9.17, 15) is 13.2 Å². The molecule has 1 rings (SSSR count). The van der Waals surface area contributed by atoms with Crippen molar-refractivity contribution in [3.05, 3.63) is 0 Å². The van der Waals surface area contributed by atoms with Crippen molar-refractivity contribution < 1.29 is 13.2 Å². The number of thiol groups is 1. The molecule has 0 heterocycles. The van der Waals surface area contributed by atoms with E-state index in [1.165, 1.54) is 0 Å². The van der Waals surface area contributed by atoms with Crippen LogP contribution in [0.3, 0.4) is 0 Å². The first-order valence-electron chi connectivity index (χ1n) is 4.22. The van der Waals surface area contributed by atoms with Gasteiger partial charge < -0.3 is 0 Å². The van der Waals surface area contributed by atoms with Crippen LogP contribution >= 0.6 is 12.6 Å². The maximum atomic E-state index is 11.9. The third-order valence-corrected chi connectivity index (χ3v) is 2.85. The molecule has 0 aliphatic heterocycles. The summed E-state index contributed by atoms with van der Waals surface area (Å²) >= 11 is 4.23. The number of halogens is 3. The Kier molecular flexibility index (Phi) is 3.32. The van der Waals surface area contributed by atoms with E-state index in [1.807, 2.05) is 0 Å². The molecular formula is C8H13F3S. The van der Waals surface area contributed by atoms with Crippen molar-refractivity contribution in [3.63, 3.8) is 0 Å². The lowest BCUT2D eigenvalue weighted by Crippen LogP contribution is -2.20. The van der Waals surface area contributed by atoms with Crippen LogP contribution in [0, 0.1) is 5.92 Å². The highest BCUT2D eigenvalue weighted by molar-refractivity contribution is 7.80. The van der Waals surface area contributed by atoms with Gasteiger partial charge in [-0.15, -0.1) is 0 Å². The first kappa shape index (κ1) is 10.2. The molecule has 1 aliphatic carbocycles. The topological polar surface area (TPSA) is 0 Å². The summed E-state index contributed by atoms with van der Waals surface area (Å²) in [7, 11) is 0. The molecule has 0 N–H and O–H groups in total. The van der Waals surface area contributed by atoms with Gasteiger partial charge in [-0.1, -0.05) is 0 Å². The van der Waals surface area contributed by atoms with Gasteiger partial charge in [-0.25, -0.2) is 0 Å². The average molecular weight is 198 g/mol. The lowest BCUT2D eigenvalue weighted by molar-refractivity contribution is -0.146. The summed E-state index contributed by atoms with van der Waals surface area (Å²) in [6.45, 7) is 0. The van der Waals surface area contributed by atoms with Gasteiger partial charge in [0.25, 0.3) is 0 Å². The minimum absolute atomic E-state index is 0.145. The Bertz CT molecular complexity index is 136. The van der Waals surface area contributed by atoms with Crippen molar-refractivity contribution in [2.45, 2.75) is 43.5 Å². The highest BCUT2D eigenvalue weighted by Crippen LogP contribution is 2.35. The van der Waals surface area contributed by atoms with Crippen LogP contribution in [0.4, 0.5) is 13.2 Å². The van der Waals surface area contributed by atoms with E-state index in [1.54, 1.807) is 0 Å². The van der Waals surface area contributed by atoms with Crippen molar-refractivity contribution in [1.82, 2.24) is 0 Å². The Morgan fingerprint density at radius 3 is 2.00 bits per heavy atom. The molecule has 0 amide bonds. The molecule has 1 aliphatic rings. The quantitative estimate of drug-likeness (QED) is 0.613. The molecule has 0 bridgehead atoms. The third kappa shape index (κ3) is 3.70. The Morgan fingerprint density at radius 1 is 1.08 bits per heavy atom. The summed E-state index contributed by atoms with van der Waals surface area (Å²) in [5, 5.41) is 0.328. The van der Waals surface area contributed by atoms with Gasteiger partial charge in [0.2, 0.25) is 0 Å². The summed E-state index contributed by atoms with van der Waals surface area (Å²) in [5.74, 6) is -0.145. The van der Waals surface area contributed by atoms with E-state index in [0.29, 0.717) is 18.1 Å². The zero-order valence-electron chi connectivity index (χ0n) is 6.77. The third-order valence-electron chi connectivity index (χ3n) is 2.34. The minimum atomic E-state index is -3.98. The maximum Gasteiger partial charge on any atom is 0.389 e. The fourth-order valence-electron chi connectivity index (χ4n) is 1.68. The molecule has 12 heavy (non-hydrogen) atoms. The van der Waals surface area contributed by atoms with Gasteiger partial charge in [-0.2, -0.15) is 25.8 Å². The van der Waals surface area contributed by atoms with Crippen molar-refractivity contribution in [2.75, 3.05) is 0 Å². The molecule has 4 heteroatoms. The van der Waals surface area contributed by atoms with Crippen LogP contribution in [0.15, 0.2) is 0 Å². The fourth-order valence-corrected chi connectivity index (χ4v) is 1.97. The lowest BCUT2D eigenvalue weighted by atomic mass is 9.86. The van der Waals surface area contributed by atoms with Crippen LogP contribution in [0.5, 0.6) is 0 Å². The van der Waals surface area contributed by atoms with Gasteiger partial charge in [0.05, 0.1) is 0 Å². The number of alkyl halides is 3. The molecule has 0 aromatic carbocycles. The molecule has 0 radical (unpaired) electrons. The van der Waals surface area contributed by atoms with Crippen molar-refractivity contribution >= 4 is 12.6 Å². The number of hydrogen-bond donors (Lipinski definition) is 1. The predicted molar refractivity (Wildman–Crippen MR) is 45.4 cm³/mol. The molecule has 0 unspecified atom stereocenters. The van der Waals surface area contributed by atoms with Gasteiger partial charge in [0, 0.05) is 11.7 Å². The lowest BCUT2D eigenvalue weighted by Gasteiger charge is -2.26. The Balaban J connectivity index is 2.26. The van der Waals surface area contributed by atoms with Gasteiger partial charge in [-0.05, 0) is 31.6 Å². The molecule has 0 spiro atoms. The van der Waals surface area contributed by atoms with Gasteiger partial charge >= 0.3 is 6.18 Å². The first-order valence-corrected chi connectivity index (χ1v) is 4.74. The standard InChI is InChI=1S/C8H13F3S/c9-8(10,11)5-6-1-3-7(12)4-2-6/h6-7,12H,1-5H2. The second kappa shape index (κ2) is 3.90. The molecule has 0 aromatic rings. The van der Waals surface area contributed by atoms with Crippen LogP contribution in [-0.2, 0) is 0 Å². The van der Waals surface area contributed by atoms with E-state index < -0.39 is 12.6 Å². The van der Waals surface area contributed by atoms with Crippen LogP contribution in [-0.4, -0.2) is 11.4 Å². The van der Waals surface area contributed by atoms with E-state index >= 15 is 0 Å². The molecule has 1 fully saturated rings. The largest absolute Gasteiger partial charge is 0.389 e. The minimum Gasteiger partial charge on any atom is -0.176 e. The molecular weight excluding hydrogens is 185 g/mol. The van der Waals surface area contributed by atoms with E-state index in [4.69, 9.17) is 0 Å². The SMILES string of the molecule is FC(F)(F)CC1CCC(S)CC1. The molecule has 0 atom stereocenters. The molecule has 0 aromatic heterocycles. The number of rotatable bonds is 1. The van der Waals surface area contributed by atoms with Crippen molar-refractivity contribution in [2.24, 2.45) is 5.92 Å². The molecule has 0 saturated heterocycles. The second-order valence-corrected chi connectivity index (χ2v) is 4.22.